The molecule has 3 N–H and O–H groups in total. The summed E-state index contributed by atoms with van der Waals surface area (Å²) in [6.07, 6.45) is 0. The van der Waals surface area contributed by atoms with Gasteiger partial charge in [-0.15, -0.1) is 0 Å². The van der Waals surface area contributed by atoms with Crippen molar-refractivity contribution < 1.29 is 14.0 Å². The van der Waals surface area contributed by atoms with Crippen LogP contribution in [0.1, 0.15) is 31.3 Å². The average molecular weight is 353 g/mol. The van der Waals surface area contributed by atoms with Crippen LogP contribution in [0.25, 0.3) is 10.9 Å². The minimum Gasteiger partial charge on any atom is -0.351 e. The van der Waals surface area contributed by atoms with Gasteiger partial charge < -0.3 is 15.6 Å². The van der Waals surface area contributed by atoms with E-state index in [9.17, 15) is 14.0 Å². The van der Waals surface area contributed by atoms with Crippen LogP contribution in [0, 0.1) is 11.2 Å². The molecule has 3 rings (SSSR count). The summed E-state index contributed by atoms with van der Waals surface area (Å²) in [7, 11) is 0. The predicted octanol–water partition coefficient (Wildman–Crippen LogP) is 4.54. The lowest BCUT2D eigenvalue weighted by molar-refractivity contribution is -0.123. The number of benzene rings is 2. The van der Waals surface area contributed by atoms with Crippen molar-refractivity contribution in [3.8, 4) is 0 Å². The van der Waals surface area contributed by atoms with Crippen molar-refractivity contribution in [3.05, 3.63) is 60.0 Å². The third-order valence-corrected chi connectivity index (χ3v) is 3.91. The molecule has 0 bridgehead atoms. The van der Waals surface area contributed by atoms with Crippen LogP contribution in [0.5, 0.6) is 0 Å². The summed E-state index contributed by atoms with van der Waals surface area (Å²) in [6, 6.07) is 12.8. The quantitative estimate of drug-likeness (QED) is 0.646. The van der Waals surface area contributed by atoms with Gasteiger partial charge >= 0.3 is 0 Å². The van der Waals surface area contributed by atoms with Crippen molar-refractivity contribution in [2.45, 2.75) is 20.8 Å². The number of halogens is 1. The van der Waals surface area contributed by atoms with E-state index in [1.54, 1.807) is 36.4 Å². The SMILES string of the molecule is CC(C)(C)C(=O)Nc1ccc(NC(=O)c2cc3cc(F)ccc3[nH]2)cc1. The highest BCUT2D eigenvalue weighted by atomic mass is 19.1. The summed E-state index contributed by atoms with van der Waals surface area (Å²) in [5.74, 6) is -0.760. The normalized spacial score (nSPS) is 11.4. The number of aromatic nitrogens is 1. The lowest BCUT2D eigenvalue weighted by Crippen LogP contribution is -2.27. The first-order valence-corrected chi connectivity index (χ1v) is 8.23. The Labute approximate surface area is 150 Å². The monoisotopic (exact) mass is 353 g/mol. The van der Waals surface area contributed by atoms with Crippen molar-refractivity contribution in [2.24, 2.45) is 5.41 Å². The average Bonchev–Trinajstić information content (AvgIpc) is 2.99. The number of aromatic amines is 1. The van der Waals surface area contributed by atoms with Gasteiger partial charge in [0.1, 0.15) is 11.5 Å². The minimum absolute atomic E-state index is 0.0837. The molecule has 0 fully saturated rings. The van der Waals surface area contributed by atoms with Crippen LogP contribution in [0.15, 0.2) is 48.5 Å². The zero-order valence-corrected chi connectivity index (χ0v) is 14.8. The second-order valence-electron chi connectivity index (χ2n) is 7.15. The van der Waals surface area contributed by atoms with Crippen LogP contribution in [-0.2, 0) is 4.79 Å². The van der Waals surface area contributed by atoms with E-state index < -0.39 is 5.41 Å². The van der Waals surface area contributed by atoms with E-state index in [1.165, 1.54) is 12.1 Å². The van der Waals surface area contributed by atoms with Gasteiger partial charge in [0.05, 0.1) is 0 Å². The first kappa shape index (κ1) is 17.7. The molecule has 0 atom stereocenters. The highest BCUT2D eigenvalue weighted by molar-refractivity contribution is 6.06. The van der Waals surface area contributed by atoms with E-state index in [1.807, 2.05) is 20.8 Å². The number of carbonyl (C=O) groups excluding carboxylic acids is 2. The molecule has 0 aliphatic carbocycles. The first-order valence-electron chi connectivity index (χ1n) is 8.23. The zero-order valence-electron chi connectivity index (χ0n) is 14.8. The molecule has 26 heavy (non-hydrogen) atoms. The van der Waals surface area contributed by atoms with Crippen molar-refractivity contribution in [3.63, 3.8) is 0 Å². The molecule has 0 spiro atoms. The van der Waals surface area contributed by atoms with E-state index >= 15 is 0 Å². The highest BCUT2D eigenvalue weighted by Crippen LogP contribution is 2.20. The maximum absolute atomic E-state index is 13.3. The summed E-state index contributed by atoms with van der Waals surface area (Å²) >= 11 is 0. The molecule has 2 aromatic carbocycles. The highest BCUT2D eigenvalue weighted by Gasteiger charge is 2.21. The fraction of sp³-hybridized carbons (Fsp3) is 0.200. The smallest absolute Gasteiger partial charge is 0.272 e. The second-order valence-corrected chi connectivity index (χ2v) is 7.15. The van der Waals surface area contributed by atoms with Gasteiger partial charge in [-0.3, -0.25) is 9.59 Å². The zero-order chi connectivity index (χ0) is 18.9. The number of fused-ring (bicyclic) bond motifs is 1. The van der Waals surface area contributed by atoms with Crippen LogP contribution >= 0.6 is 0 Å². The van der Waals surface area contributed by atoms with Crippen LogP contribution in [0.4, 0.5) is 15.8 Å². The van der Waals surface area contributed by atoms with E-state index in [4.69, 9.17) is 0 Å². The standard InChI is InChI=1S/C20H20FN3O2/c1-20(2,3)19(26)23-15-7-5-14(6-8-15)22-18(25)17-11-12-10-13(21)4-9-16(12)24-17/h4-11,24H,1-3H3,(H,22,25)(H,23,26). The first-order chi connectivity index (χ1) is 12.2. The third-order valence-electron chi connectivity index (χ3n) is 3.91. The molecule has 0 unspecified atom stereocenters. The van der Waals surface area contributed by atoms with E-state index in [-0.39, 0.29) is 17.6 Å². The van der Waals surface area contributed by atoms with Gasteiger partial charge in [0.2, 0.25) is 5.91 Å². The van der Waals surface area contributed by atoms with Crippen molar-refractivity contribution in [1.82, 2.24) is 4.98 Å². The second kappa shape index (κ2) is 6.63. The van der Waals surface area contributed by atoms with E-state index in [0.717, 1.165) is 0 Å². The third kappa shape index (κ3) is 3.91. The molecule has 6 heteroatoms. The summed E-state index contributed by atoms with van der Waals surface area (Å²) in [5, 5.41) is 6.23. The maximum Gasteiger partial charge on any atom is 0.272 e. The Bertz CT molecular complexity index is 969. The summed E-state index contributed by atoms with van der Waals surface area (Å²) < 4.78 is 13.3. The Balaban J connectivity index is 1.70. The van der Waals surface area contributed by atoms with E-state index in [0.29, 0.717) is 28.0 Å². The number of nitrogens with one attached hydrogen (secondary N) is 3. The lowest BCUT2D eigenvalue weighted by atomic mass is 9.95. The Hall–Kier alpha value is -3.15. The maximum atomic E-state index is 13.3. The van der Waals surface area contributed by atoms with Crippen LogP contribution in [0.2, 0.25) is 0 Å². The topological polar surface area (TPSA) is 74.0 Å². The van der Waals surface area contributed by atoms with Gasteiger partial charge in [-0.2, -0.15) is 0 Å². The Morgan fingerprint density at radius 1 is 0.923 bits per heavy atom. The molecule has 134 valence electrons. The lowest BCUT2D eigenvalue weighted by Gasteiger charge is -2.17. The number of amides is 2. The summed E-state index contributed by atoms with van der Waals surface area (Å²) in [4.78, 5) is 27.3. The largest absolute Gasteiger partial charge is 0.351 e. The molecule has 0 saturated heterocycles. The van der Waals surface area contributed by atoms with Crippen molar-refractivity contribution >= 4 is 34.1 Å². The molecule has 0 aliphatic heterocycles. The number of rotatable bonds is 3. The Morgan fingerprint density at radius 2 is 1.54 bits per heavy atom. The molecule has 0 saturated carbocycles. The number of H-pyrrole nitrogens is 1. The molecular weight excluding hydrogens is 333 g/mol. The summed E-state index contributed by atoms with van der Waals surface area (Å²) in [5.41, 5.74) is 1.80. The minimum atomic E-state index is -0.484. The van der Waals surface area contributed by atoms with Gasteiger partial charge in [-0.25, -0.2) is 4.39 Å². The molecular formula is C20H20FN3O2. The summed E-state index contributed by atoms with van der Waals surface area (Å²) in [6.45, 7) is 5.51. The number of hydrogen-bond acceptors (Lipinski definition) is 2. The number of hydrogen-bond donors (Lipinski definition) is 3. The van der Waals surface area contributed by atoms with Gasteiger partial charge in [0.15, 0.2) is 0 Å². The molecule has 2 amide bonds. The molecule has 1 aromatic heterocycles. The van der Waals surface area contributed by atoms with Gasteiger partial charge in [-0.05, 0) is 48.5 Å². The number of carbonyl (C=O) groups is 2. The fourth-order valence-electron chi connectivity index (χ4n) is 2.38. The molecule has 1 heterocycles. The molecule has 3 aromatic rings. The van der Waals surface area contributed by atoms with E-state index in [2.05, 4.69) is 15.6 Å². The predicted molar refractivity (Wildman–Crippen MR) is 101 cm³/mol. The molecule has 5 nitrogen and oxygen atoms in total. The van der Waals surface area contributed by atoms with Gasteiger partial charge in [-0.1, -0.05) is 20.8 Å². The Kier molecular flexibility index (Phi) is 4.50. The van der Waals surface area contributed by atoms with Crippen LogP contribution < -0.4 is 10.6 Å². The molecule has 0 aliphatic rings. The van der Waals surface area contributed by atoms with Crippen molar-refractivity contribution in [2.75, 3.05) is 10.6 Å². The van der Waals surface area contributed by atoms with Crippen LogP contribution in [0.3, 0.4) is 0 Å². The van der Waals surface area contributed by atoms with Gasteiger partial charge in [0, 0.05) is 27.7 Å². The van der Waals surface area contributed by atoms with Crippen molar-refractivity contribution in [1.29, 1.82) is 0 Å². The van der Waals surface area contributed by atoms with Crippen LogP contribution in [-0.4, -0.2) is 16.8 Å². The Morgan fingerprint density at radius 3 is 2.15 bits per heavy atom. The van der Waals surface area contributed by atoms with Gasteiger partial charge in [0.25, 0.3) is 5.91 Å². The molecule has 0 radical (unpaired) electrons. The fourth-order valence-corrected chi connectivity index (χ4v) is 2.38. The number of anilines is 2.